The number of amides is 2. The summed E-state index contributed by atoms with van der Waals surface area (Å²) in [5.41, 5.74) is 0.511. The highest BCUT2D eigenvalue weighted by molar-refractivity contribution is 5.91. The van der Waals surface area contributed by atoms with Crippen molar-refractivity contribution in [2.24, 2.45) is 5.41 Å². The Hall–Kier alpha value is -2.31. The van der Waals surface area contributed by atoms with Crippen molar-refractivity contribution in [1.29, 1.82) is 0 Å². The number of carbonyl (C=O) groups is 2. The SMILES string of the molecule is CCOc1ncc(C)cc1NC(=O)N1CCC(C)(C(=O)O)C1. The van der Waals surface area contributed by atoms with Crippen LogP contribution in [0.5, 0.6) is 5.88 Å². The molecule has 1 aromatic rings. The third-order valence-electron chi connectivity index (χ3n) is 3.79. The molecule has 1 saturated heterocycles. The molecule has 1 aromatic heterocycles. The topological polar surface area (TPSA) is 91.8 Å². The van der Waals surface area contributed by atoms with E-state index < -0.39 is 11.4 Å². The molecule has 1 aliphatic rings. The first-order valence-electron chi connectivity index (χ1n) is 7.24. The number of hydrogen-bond acceptors (Lipinski definition) is 4. The smallest absolute Gasteiger partial charge is 0.322 e. The normalized spacial score (nSPS) is 20.8. The fourth-order valence-electron chi connectivity index (χ4n) is 2.40. The fraction of sp³-hybridized carbons (Fsp3) is 0.533. The number of hydrogen-bond donors (Lipinski definition) is 2. The highest BCUT2D eigenvalue weighted by Crippen LogP contribution is 2.31. The van der Waals surface area contributed by atoms with Crippen LogP contribution < -0.4 is 10.1 Å². The van der Waals surface area contributed by atoms with E-state index in [1.54, 1.807) is 19.2 Å². The van der Waals surface area contributed by atoms with Crippen LogP contribution in [0, 0.1) is 12.3 Å². The summed E-state index contributed by atoms with van der Waals surface area (Å²) in [7, 11) is 0. The van der Waals surface area contributed by atoms with Crippen LogP contribution in [-0.2, 0) is 4.79 Å². The number of carboxylic acid groups (broad SMARTS) is 1. The zero-order valence-electron chi connectivity index (χ0n) is 13.0. The maximum absolute atomic E-state index is 12.3. The Labute approximate surface area is 129 Å². The summed E-state index contributed by atoms with van der Waals surface area (Å²) in [6.45, 7) is 6.42. The van der Waals surface area contributed by atoms with E-state index in [4.69, 9.17) is 4.74 Å². The number of ether oxygens (including phenoxy) is 1. The van der Waals surface area contributed by atoms with E-state index in [0.717, 1.165) is 5.56 Å². The molecule has 1 unspecified atom stereocenters. The molecule has 2 amide bonds. The Kier molecular flexibility index (Phi) is 4.54. The van der Waals surface area contributed by atoms with Gasteiger partial charge in [0, 0.05) is 19.3 Å². The van der Waals surface area contributed by atoms with Gasteiger partial charge in [-0.15, -0.1) is 0 Å². The van der Waals surface area contributed by atoms with E-state index >= 15 is 0 Å². The second kappa shape index (κ2) is 6.21. The van der Waals surface area contributed by atoms with Crippen molar-refractivity contribution in [2.75, 3.05) is 25.0 Å². The molecule has 2 rings (SSSR count). The van der Waals surface area contributed by atoms with Gasteiger partial charge in [0.1, 0.15) is 5.69 Å². The number of pyridine rings is 1. The van der Waals surface area contributed by atoms with Crippen LogP contribution in [0.4, 0.5) is 10.5 Å². The van der Waals surface area contributed by atoms with Crippen LogP contribution in [0.25, 0.3) is 0 Å². The van der Waals surface area contributed by atoms with Crippen molar-refractivity contribution in [3.63, 3.8) is 0 Å². The number of aryl methyl sites for hydroxylation is 1. The monoisotopic (exact) mass is 307 g/mol. The van der Waals surface area contributed by atoms with Gasteiger partial charge in [0.2, 0.25) is 5.88 Å². The molecule has 1 atom stereocenters. The number of anilines is 1. The van der Waals surface area contributed by atoms with Crippen LogP contribution in [0.2, 0.25) is 0 Å². The molecule has 0 radical (unpaired) electrons. The van der Waals surface area contributed by atoms with Crippen molar-refractivity contribution in [3.8, 4) is 5.88 Å². The molecule has 0 bridgehead atoms. The van der Waals surface area contributed by atoms with E-state index in [0.29, 0.717) is 31.1 Å². The minimum atomic E-state index is -0.884. The average molecular weight is 307 g/mol. The van der Waals surface area contributed by atoms with Crippen LogP contribution in [0.1, 0.15) is 25.8 Å². The van der Waals surface area contributed by atoms with Crippen molar-refractivity contribution in [2.45, 2.75) is 27.2 Å². The molecule has 0 aromatic carbocycles. The molecular weight excluding hydrogens is 286 g/mol. The minimum Gasteiger partial charge on any atom is -0.481 e. The van der Waals surface area contributed by atoms with Gasteiger partial charge < -0.3 is 20.1 Å². The molecule has 1 fully saturated rings. The summed E-state index contributed by atoms with van der Waals surface area (Å²) in [6, 6.07) is 1.45. The van der Waals surface area contributed by atoms with E-state index in [2.05, 4.69) is 10.3 Å². The van der Waals surface area contributed by atoms with Gasteiger partial charge in [-0.2, -0.15) is 0 Å². The molecule has 0 aliphatic carbocycles. The predicted octanol–water partition coefficient (Wildman–Crippen LogP) is 2.12. The lowest BCUT2D eigenvalue weighted by Crippen LogP contribution is -2.37. The molecule has 7 heteroatoms. The summed E-state index contributed by atoms with van der Waals surface area (Å²) in [5.74, 6) is -0.517. The molecule has 0 saturated carbocycles. The number of urea groups is 1. The fourth-order valence-corrected chi connectivity index (χ4v) is 2.40. The zero-order valence-corrected chi connectivity index (χ0v) is 13.0. The molecule has 7 nitrogen and oxygen atoms in total. The molecule has 22 heavy (non-hydrogen) atoms. The maximum Gasteiger partial charge on any atom is 0.322 e. The van der Waals surface area contributed by atoms with Gasteiger partial charge in [0.15, 0.2) is 0 Å². The Bertz CT molecular complexity index is 590. The van der Waals surface area contributed by atoms with E-state index in [1.165, 1.54) is 4.90 Å². The summed E-state index contributed by atoms with van der Waals surface area (Å²) in [4.78, 5) is 29.2. The average Bonchev–Trinajstić information content (AvgIpc) is 2.86. The van der Waals surface area contributed by atoms with Gasteiger partial charge in [0.25, 0.3) is 0 Å². The van der Waals surface area contributed by atoms with Gasteiger partial charge in [0.05, 0.1) is 12.0 Å². The molecule has 2 N–H and O–H groups in total. The number of nitrogens with zero attached hydrogens (tertiary/aromatic N) is 2. The zero-order chi connectivity index (χ0) is 16.3. The Morgan fingerprint density at radius 1 is 1.55 bits per heavy atom. The largest absolute Gasteiger partial charge is 0.481 e. The summed E-state index contributed by atoms with van der Waals surface area (Å²) < 4.78 is 5.40. The standard InChI is InChI=1S/C15H21N3O4/c1-4-22-12-11(7-10(2)8-16-12)17-14(21)18-6-5-15(3,9-18)13(19)20/h7-8H,4-6,9H2,1-3H3,(H,17,21)(H,19,20). The third kappa shape index (κ3) is 3.29. The first-order valence-corrected chi connectivity index (χ1v) is 7.24. The number of carbonyl (C=O) groups excluding carboxylic acids is 1. The lowest BCUT2D eigenvalue weighted by Gasteiger charge is -2.21. The molecule has 120 valence electrons. The van der Waals surface area contributed by atoms with Gasteiger partial charge in [-0.05, 0) is 38.8 Å². The van der Waals surface area contributed by atoms with Crippen molar-refractivity contribution < 1.29 is 19.4 Å². The number of likely N-dealkylation sites (tertiary alicyclic amines) is 1. The van der Waals surface area contributed by atoms with Crippen molar-refractivity contribution in [1.82, 2.24) is 9.88 Å². The third-order valence-corrected chi connectivity index (χ3v) is 3.79. The first kappa shape index (κ1) is 16.1. The van der Waals surface area contributed by atoms with Crippen molar-refractivity contribution in [3.05, 3.63) is 17.8 Å². The highest BCUT2D eigenvalue weighted by atomic mass is 16.5. The summed E-state index contributed by atoms with van der Waals surface area (Å²) in [5, 5.41) is 12.0. The summed E-state index contributed by atoms with van der Waals surface area (Å²) >= 11 is 0. The second-order valence-corrected chi connectivity index (χ2v) is 5.77. The van der Waals surface area contributed by atoms with Gasteiger partial charge in [-0.3, -0.25) is 4.79 Å². The Morgan fingerprint density at radius 2 is 2.27 bits per heavy atom. The van der Waals surface area contributed by atoms with E-state index in [9.17, 15) is 14.7 Å². The number of carboxylic acids is 1. The van der Waals surface area contributed by atoms with Gasteiger partial charge in [-0.25, -0.2) is 9.78 Å². The number of aromatic nitrogens is 1. The number of rotatable bonds is 4. The Balaban J connectivity index is 2.10. The van der Waals surface area contributed by atoms with E-state index in [-0.39, 0.29) is 12.6 Å². The molecule has 2 heterocycles. The maximum atomic E-state index is 12.3. The number of nitrogens with one attached hydrogen (secondary N) is 1. The van der Waals surface area contributed by atoms with Gasteiger partial charge >= 0.3 is 12.0 Å². The first-order chi connectivity index (χ1) is 10.4. The minimum absolute atomic E-state index is 0.192. The highest BCUT2D eigenvalue weighted by Gasteiger charge is 2.42. The Morgan fingerprint density at radius 3 is 2.86 bits per heavy atom. The number of aliphatic carboxylic acids is 1. The van der Waals surface area contributed by atoms with E-state index in [1.807, 2.05) is 13.8 Å². The van der Waals surface area contributed by atoms with Crippen LogP contribution in [0.15, 0.2) is 12.3 Å². The molecule has 0 spiro atoms. The van der Waals surface area contributed by atoms with Gasteiger partial charge in [-0.1, -0.05) is 0 Å². The van der Waals surface area contributed by atoms with Crippen LogP contribution in [0.3, 0.4) is 0 Å². The predicted molar refractivity (Wildman–Crippen MR) is 81.1 cm³/mol. The van der Waals surface area contributed by atoms with Crippen LogP contribution >= 0.6 is 0 Å². The van der Waals surface area contributed by atoms with Crippen LogP contribution in [-0.4, -0.2) is 46.7 Å². The quantitative estimate of drug-likeness (QED) is 0.889. The lowest BCUT2D eigenvalue weighted by atomic mass is 9.90. The summed E-state index contributed by atoms with van der Waals surface area (Å²) in [6.07, 6.45) is 2.11. The lowest BCUT2D eigenvalue weighted by molar-refractivity contribution is -0.146. The van der Waals surface area contributed by atoms with Crippen molar-refractivity contribution >= 4 is 17.7 Å². The second-order valence-electron chi connectivity index (χ2n) is 5.77. The molecular formula is C15H21N3O4. The molecule has 1 aliphatic heterocycles.